The third-order valence-electron chi connectivity index (χ3n) is 3.41. The van der Waals surface area contributed by atoms with Crippen LogP contribution in [0.5, 0.6) is 0 Å². The van der Waals surface area contributed by atoms with E-state index in [1.165, 1.54) is 43.5 Å². The summed E-state index contributed by atoms with van der Waals surface area (Å²) >= 11 is 0. The second-order valence-corrected chi connectivity index (χ2v) is 8.66. The van der Waals surface area contributed by atoms with Crippen LogP contribution in [0, 0.1) is 0 Å². The molecule has 3 heteroatoms. The van der Waals surface area contributed by atoms with E-state index < -0.39 is 7.26 Å². The van der Waals surface area contributed by atoms with E-state index in [0.717, 1.165) is 6.61 Å². The highest BCUT2D eigenvalue weighted by molar-refractivity contribution is 7.78. The third-order valence-corrected chi connectivity index (χ3v) is 8.03. The topological polar surface area (TPSA) is 9.23 Å². The molecule has 0 unspecified atom stereocenters. The van der Waals surface area contributed by atoms with Crippen LogP contribution in [0.4, 0.5) is 0 Å². The van der Waals surface area contributed by atoms with Crippen LogP contribution in [0.3, 0.4) is 0 Å². The number of halogens is 1. The predicted octanol–water partition coefficient (Wildman–Crippen LogP) is 1.11. The van der Waals surface area contributed by atoms with Gasteiger partial charge in [-0.25, -0.2) is 0 Å². The molecule has 1 rings (SSSR count). The van der Waals surface area contributed by atoms with E-state index in [0.29, 0.717) is 0 Å². The summed E-state index contributed by atoms with van der Waals surface area (Å²) < 4.78 is 5.73. The minimum atomic E-state index is -0.794. The van der Waals surface area contributed by atoms with Gasteiger partial charge in [-0.3, -0.25) is 0 Å². The van der Waals surface area contributed by atoms with E-state index in [9.17, 15) is 0 Å². The van der Waals surface area contributed by atoms with Crippen molar-refractivity contribution in [1.29, 1.82) is 0 Å². The van der Waals surface area contributed by atoms with Crippen LogP contribution in [-0.4, -0.2) is 25.1 Å². The third kappa shape index (κ3) is 4.33. The molecule has 0 atom stereocenters. The predicted molar refractivity (Wildman–Crippen MR) is 66.4 cm³/mol. The van der Waals surface area contributed by atoms with Crippen molar-refractivity contribution < 1.29 is 17.1 Å². The second kappa shape index (κ2) is 7.52. The van der Waals surface area contributed by atoms with Crippen molar-refractivity contribution in [2.24, 2.45) is 0 Å². The molecule has 90 valence electrons. The zero-order valence-corrected chi connectivity index (χ0v) is 11.9. The smallest absolute Gasteiger partial charge is 0.130 e. The Bertz CT molecular complexity index is 184. The summed E-state index contributed by atoms with van der Waals surface area (Å²) in [7, 11) is -0.794. The van der Waals surface area contributed by atoms with Gasteiger partial charge in [0, 0.05) is 13.7 Å². The molecule has 1 heterocycles. The maximum absolute atomic E-state index is 5.73. The number of hydrogen-bond acceptors (Lipinski definition) is 1. The van der Waals surface area contributed by atoms with Gasteiger partial charge >= 0.3 is 0 Å². The second-order valence-electron chi connectivity index (χ2n) is 4.07. The molecule has 0 amide bonds. The molecule has 0 aliphatic carbocycles. The number of rotatable bonds is 4. The van der Waals surface area contributed by atoms with Gasteiger partial charge in [0.2, 0.25) is 0 Å². The zero-order valence-electron chi connectivity index (χ0n) is 10.3. The van der Waals surface area contributed by atoms with Crippen LogP contribution < -0.4 is 12.4 Å². The minimum Gasteiger partial charge on any atom is -1.00 e. The zero-order chi connectivity index (χ0) is 10.4. The molecule has 0 aromatic carbocycles. The maximum atomic E-state index is 5.73. The van der Waals surface area contributed by atoms with Gasteiger partial charge in [-0.15, -0.1) is 0 Å². The Morgan fingerprint density at radius 2 is 1.73 bits per heavy atom. The molecule has 0 bridgehead atoms. The van der Waals surface area contributed by atoms with Gasteiger partial charge in [0.1, 0.15) is 5.76 Å². The summed E-state index contributed by atoms with van der Waals surface area (Å²) in [4.78, 5) is 0. The van der Waals surface area contributed by atoms with Crippen LogP contribution in [0.15, 0.2) is 11.6 Å². The minimum absolute atomic E-state index is 0. The highest BCUT2D eigenvalue weighted by Crippen LogP contribution is 2.60. The van der Waals surface area contributed by atoms with Crippen molar-refractivity contribution in [3.05, 3.63) is 11.6 Å². The number of allylic oxidation sites excluding steroid dienone is 1. The highest BCUT2D eigenvalue weighted by Gasteiger charge is 2.30. The average molecular weight is 251 g/mol. The van der Waals surface area contributed by atoms with Gasteiger partial charge in [-0.05, 0) is 33.6 Å². The fourth-order valence-corrected chi connectivity index (χ4v) is 4.73. The summed E-state index contributed by atoms with van der Waals surface area (Å²) in [6, 6.07) is 0. The fraction of sp³-hybridized carbons (Fsp3) is 0.833. The monoisotopic (exact) mass is 250 g/mol. The highest BCUT2D eigenvalue weighted by atomic mass is 35.5. The molecule has 0 spiro atoms. The first-order valence-corrected chi connectivity index (χ1v) is 8.38. The van der Waals surface area contributed by atoms with E-state index in [-0.39, 0.29) is 12.4 Å². The van der Waals surface area contributed by atoms with Gasteiger partial charge in [0.15, 0.2) is 0 Å². The van der Waals surface area contributed by atoms with Crippen molar-refractivity contribution in [2.75, 3.05) is 25.1 Å². The molecule has 1 aliphatic heterocycles. The van der Waals surface area contributed by atoms with Crippen LogP contribution in [-0.2, 0) is 4.74 Å². The number of ether oxygens (including phenoxy) is 1. The summed E-state index contributed by atoms with van der Waals surface area (Å²) in [6.07, 6.45) is 7.77. The van der Waals surface area contributed by atoms with E-state index in [4.69, 9.17) is 4.74 Å². The summed E-state index contributed by atoms with van der Waals surface area (Å²) in [5.74, 6) is 3.82. The lowest BCUT2D eigenvalue weighted by molar-refractivity contribution is -0.00000412. The summed E-state index contributed by atoms with van der Waals surface area (Å²) in [5, 5.41) is 0. The molecule has 1 fully saturated rings. The van der Waals surface area contributed by atoms with Gasteiger partial charge in [-0.2, -0.15) is 0 Å². The molecule has 0 radical (unpaired) electrons. The fourth-order valence-electron chi connectivity index (χ4n) is 2.03. The van der Waals surface area contributed by atoms with Crippen molar-refractivity contribution >= 4 is 7.26 Å². The largest absolute Gasteiger partial charge is 1.00 e. The van der Waals surface area contributed by atoms with Crippen molar-refractivity contribution in [3.63, 3.8) is 0 Å². The van der Waals surface area contributed by atoms with Crippen LogP contribution >= 0.6 is 7.26 Å². The lowest BCUT2D eigenvalue weighted by atomic mass is 10.2. The molecule has 1 saturated heterocycles. The van der Waals surface area contributed by atoms with Crippen molar-refractivity contribution in [3.8, 4) is 0 Å². The Morgan fingerprint density at radius 1 is 1.13 bits per heavy atom. The van der Waals surface area contributed by atoms with Crippen molar-refractivity contribution in [2.45, 2.75) is 40.0 Å². The first-order valence-electron chi connectivity index (χ1n) is 5.96. The molecule has 1 aliphatic rings. The molecular weight excluding hydrogens is 227 g/mol. The quantitative estimate of drug-likeness (QED) is 0.680. The summed E-state index contributed by atoms with van der Waals surface area (Å²) in [6.45, 7) is 7.95. The van der Waals surface area contributed by atoms with Gasteiger partial charge in [0.25, 0.3) is 0 Å². The lowest BCUT2D eigenvalue weighted by Gasteiger charge is -2.22. The maximum Gasteiger partial charge on any atom is 0.130 e. The van der Waals surface area contributed by atoms with Gasteiger partial charge < -0.3 is 17.1 Å². The average Bonchev–Trinajstić information content (AvgIpc) is 2.28. The van der Waals surface area contributed by atoms with E-state index in [1.807, 2.05) is 0 Å². The molecule has 0 aromatic rings. The Kier molecular flexibility index (Phi) is 7.65. The Labute approximate surface area is 101 Å². The molecule has 1 nitrogen and oxygen atoms in total. The molecular formula is C12H24ClOP. The molecule has 15 heavy (non-hydrogen) atoms. The molecule has 0 N–H and O–H groups in total. The first-order chi connectivity index (χ1) is 6.76. The molecule has 0 saturated carbocycles. The lowest BCUT2D eigenvalue weighted by Crippen LogP contribution is -3.00. The Morgan fingerprint density at radius 3 is 2.13 bits per heavy atom. The Balaban J connectivity index is 0.00000196. The molecule has 0 aromatic heterocycles. The van der Waals surface area contributed by atoms with Crippen LogP contribution in [0.25, 0.3) is 0 Å². The van der Waals surface area contributed by atoms with Crippen molar-refractivity contribution in [1.82, 2.24) is 0 Å². The van der Waals surface area contributed by atoms with Gasteiger partial charge in [0.05, 0.1) is 30.9 Å². The van der Waals surface area contributed by atoms with Crippen LogP contribution in [0.1, 0.15) is 40.0 Å². The normalized spacial score (nSPS) is 19.5. The van der Waals surface area contributed by atoms with E-state index in [1.54, 1.807) is 0 Å². The first kappa shape index (κ1) is 15.3. The summed E-state index contributed by atoms with van der Waals surface area (Å²) in [5.41, 5.74) is 0. The van der Waals surface area contributed by atoms with Crippen LogP contribution in [0.2, 0.25) is 0 Å². The Hall–Kier alpha value is 0.260. The SMILES string of the molecule is CC[P+](C=C1CCCCO1)(CC)CC.[Cl-]. The van der Waals surface area contributed by atoms with Gasteiger partial charge in [-0.1, -0.05) is 0 Å². The number of hydrogen-bond donors (Lipinski definition) is 0. The van der Waals surface area contributed by atoms with E-state index >= 15 is 0 Å². The standard InChI is InChI=1S/C12H24OP.ClH/c1-4-14(5-2,6-3)11-12-9-7-8-10-13-12;/h11H,4-10H2,1-3H3;1H/q+1;/p-1. The van der Waals surface area contributed by atoms with E-state index in [2.05, 4.69) is 26.6 Å².